The van der Waals surface area contributed by atoms with Gasteiger partial charge in [-0.25, -0.2) is 9.97 Å². The maximum absolute atomic E-state index is 10.0. The Balaban J connectivity index is 1.74. The third-order valence-corrected chi connectivity index (χ3v) is 6.24. The Morgan fingerprint density at radius 1 is 1.21 bits per heavy atom. The molecular weight excluding hydrogens is 352 g/mol. The second-order valence-electron chi connectivity index (χ2n) is 8.09. The number of aromatic nitrogens is 2. The SMILES string of the molecule is CCOc1cc2c(C#N)c(N3CCCC3)nc3c2c([nH+]1)NC1(CCCCC1)N3. The van der Waals surface area contributed by atoms with Crippen LogP contribution in [0.25, 0.3) is 10.8 Å². The summed E-state index contributed by atoms with van der Waals surface area (Å²) in [6.07, 6.45) is 8.07. The van der Waals surface area contributed by atoms with Gasteiger partial charge in [0.15, 0.2) is 5.66 Å². The van der Waals surface area contributed by atoms with Crippen molar-refractivity contribution in [3.05, 3.63) is 11.6 Å². The molecule has 2 aromatic rings. The van der Waals surface area contributed by atoms with Crippen LogP contribution in [0, 0.1) is 11.3 Å². The van der Waals surface area contributed by atoms with E-state index in [1.165, 1.54) is 19.3 Å². The monoisotopic (exact) mass is 379 g/mol. The zero-order chi connectivity index (χ0) is 19.1. The Morgan fingerprint density at radius 2 is 2.00 bits per heavy atom. The van der Waals surface area contributed by atoms with Crippen molar-refractivity contribution in [3.8, 4) is 11.9 Å². The predicted molar refractivity (Wildman–Crippen MR) is 109 cm³/mol. The van der Waals surface area contributed by atoms with Gasteiger partial charge in [-0.2, -0.15) is 5.26 Å². The standard InChI is InChI=1S/C21H26N6O/c1-2-28-16-12-14-15(13-22)20(27-10-6-7-11-27)24-19-17(14)18(23-16)25-21(26-19)8-4-3-5-9-21/h12H,2-11H2,1H3,(H,23,25)(H,24,26)/p+1. The molecular formula is C21H27N6O+. The van der Waals surface area contributed by atoms with Crippen molar-refractivity contribution >= 4 is 28.2 Å². The van der Waals surface area contributed by atoms with Gasteiger partial charge in [0, 0.05) is 37.4 Å². The molecule has 3 N–H and O–H groups in total. The summed E-state index contributed by atoms with van der Waals surface area (Å²) in [7, 11) is 0. The van der Waals surface area contributed by atoms with Crippen LogP contribution in [0.15, 0.2) is 6.07 Å². The number of H-pyrrole nitrogens is 1. The van der Waals surface area contributed by atoms with E-state index in [1.54, 1.807) is 0 Å². The molecule has 3 aliphatic rings. The lowest BCUT2D eigenvalue weighted by molar-refractivity contribution is -0.377. The van der Waals surface area contributed by atoms with Gasteiger partial charge < -0.3 is 15.0 Å². The third-order valence-electron chi connectivity index (χ3n) is 6.24. The molecule has 146 valence electrons. The largest absolute Gasteiger partial charge is 0.463 e. The van der Waals surface area contributed by atoms with Gasteiger partial charge in [0.25, 0.3) is 11.7 Å². The number of hydrogen-bond acceptors (Lipinski definition) is 6. The topological polar surface area (TPSA) is 87.3 Å². The summed E-state index contributed by atoms with van der Waals surface area (Å²) >= 11 is 0. The minimum atomic E-state index is -0.178. The van der Waals surface area contributed by atoms with E-state index in [1.807, 2.05) is 13.0 Å². The molecule has 1 spiro atoms. The average molecular weight is 379 g/mol. The fourth-order valence-corrected chi connectivity index (χ4v) is 4.93. The van der Waals surface area contributed by atoms with Crippen LogP contribution in [-0.4, -0.2) is 30.3 Å². The number of hydrogen-bond donors (Lipinski definition) is 2. The molecule has 0 bridgehead atoms. The van der Waals surface area contributed by atoms with Gasteiger partial charge in [0.2, 0.25) is 0 Å². The number of rotatable bonds is 3. The maximum Gasteiger partial charge on any atom is 0.288 e. The van der Waals surface area contributed by atoms with Crippen LogP contribution in [0.1, 0.15) is 57.4 Å². The molecule has 1 saturated heterocycles. The molecule has 2 aromatic heterocycles. The highest BCUT2D eigenvalue weighted by atomic mass is 16.5. The summed E-state index contributed by atoms with van der Waals surface area (Å²) in [6, 6.07) is 4.38. The molecule has 0 unspecified atom stereocenters. The fraction of sp³-hybridized carbons (Fsp3) is 0.571. The van der Waals surface area contributed by atoms with Crippen LogP contribution >= 0.6 is 0 Å². The Hall–Kier alpha value is -2.75. The quantitative estimate of drug-likeness (QED) is 0.850. The van der Waals surface area contributed by atoms with Crippen molar-refractivity contribution < 1.29 is 9.72 Å². The Kier molecular flexibility index (Phi) is 4.15. The first-order valence-corrected chi connectivity index (χ1v) is 10.5. The first-order chi connectivity index (χ1) is 13.7. The molecule has 1 saturated carbocycles. The number of nitrogens with zero attached hydrogens (tertiary/aromatic N) is 3. The van der Waals surface area contributed by atoms with E-state index in [0.29, 0.717) is 18.1 Å². The van der Waals surface area contributed by atoms with Gasteiger partial charge in [0.1, 0.15) is 28.7 Å². The Labute approximate surface area is 165 Å². The van der Waals surface area contributed by atoms with Gasteiger partial charge in [-0.05, 0) is 32.6 Å². The van der Waals surface area contributed by atoms with Crippen LogP contribution in [0.5, 0.6) is 5.88 Å². The van der Waals surface area contributed by atoms with Crippen molar-refractivity contribution in [1.29, 1.82) is 5.26 Å². The number of nitrogens with one attached hydrogen (secondary N) is 3. The average Bonchev–Trinajstić information content (AvgIpc) is 3.23. The highest BCUT2D eigenvalue weighted by molar-refractivity contribution is 6.06. The van der Waals surface area contributed by atoms with Gasteiger partial charge in [0.05, 0.1) is 6.61 Å². The lowest BCUT2D eigenvalue weighted by atomic mass is 9.87. The summed E-state index contributed by atoms with van der Waals surface area (Å²) in [4.78, 5) is 10.7. The molecule has 0 atom stereocenters. The number of pyridine rings is 2. The van der Waals surface area contributed by atoms with Crippen molar-refractivity contribution in [2.24, 2.45) is 0 Å². The predicted octanol–water partition coefficient (Wildman–Crippen LogP) is 3.42. The normalized spacial score (nSPS) is 19.9. The number of nitriles is 1. The van der Waals surface area contributed by atoms with E-state index >= 15 is 0 Å². The molecule has 4 heterocycles. The van der Waals surface area contributed by atoms with Crippen molar-refractivity contribution in [3.63, 3.8) is 0 Å². The molecule has 0 radical (unpaired) electrons. The lowest BCUT2D eigenvalue weighted by Gasteiger charge is -2.38. The van der Waals surface area contributed by atoms with E-state index in [-0.39, 0.29) is 5.66 Å². The van der Waals surface area contributed by atoms with Crippen LogP contribution in [0.2, 0.25) is 0 Å². The summed E-state index contributed by atoms with van der Waals surface area (Å²) in [6.45, 7) is 4.46. The molecule has 5 rings (SSSR count). The van der Waals surface area contributed by atoms with Crippen molar-refractivity contribution in [2.45, 2.75) is 57.5 Å². The van der Waals surface area contributed by atoms with Gasteiger partial charge in [-0.15, -0.1) is 0 Å². The lowest BCUT2D eigenvalue weighted by Crippen LogP contribution is -2.51. The first kappa shape index (κ1) is 17.4. The molecule has 0 amide bonds. The highest BCUT2D eigenvalue weighted by Gasteiger charge is 2.43. The van der Waals surface area contributed by atoms with Crippen LogP contribution < -0.4 is 25.3 Å². The van der Waals surface area contributed by atoms with Crippen LogP contribution in [0.4, 0.5) is 17.5 Å². The first-order valence-electron chi connectivity index (χ1n) is 10.5. The third kappa shape index (κ3) is 2.70. The Morgan fingerprint density at radius 3 is 2.71 bits per heavy atom. The zero-order valence-corrected chi connectivity index (χ0v) is 16.4. The smallest absolute Gasteiger partial charge is 0.288 e. The molecule has 2 fully saturated rings. The van der Waals surface area contributed by atoms with Gasteiger partial charge in [-0.3, -0.25) is 5.32 Å². The summed E-state index contributed by atoms with van der Waals surface area (Å²) in [5, 5.41) is 19.3. The summed E-state index contributed by atoms with van der Waals surface area (Å²) in [5.74, 6) is 3.29. The van der Waals surface area contributed by atoms with E-state index in [9.17, 15) is 5.26 Å². The number of ether oxygens (including phenoxy) is 1. The molecule has 0 aromatic carbocycles. The van der Waals surface area contributed by atoms with Gasteiger partial charge in [-0.1, -0.05) is 6.42 Å². The number of anilines is 3. The molecule has 7 nitrogen and oxygen atoms in total. The second kappa shape index (κ2) is 6.69. The minimum absolute atomic E-state index is 0.178. The fourth-order valence-electron chi connectivity index (χ4n) is 4.93. The van der Waals surface area contributed by atoms with Crippen molar-refractivity contribution in [1.82, 2.24) is 4.98 Å². The molecule has 2 aliphatic heterocycles. The van der Waals surface area contributed by atoms with E-state index < -0.39 is 0 Å². The van der Waals surface area contributed by atoms with E-state index in [4.69, 9.17) is 9.72 Å². The number of aromatic amines is 1. The van der Waals surface area contributed by atoms with Gasteiger partial charge >= 0.3 is 0 Å². The van der Waals surface area contributed by atoms with Crippen LogP contribution in [0.3, 0.4) is 0 Å². The zero-order valence-electron chi connectivity index (χ0n) is 16.4. The maximum atomic E-state index is 10.0. The van der Waals surface area contributed by atoms with Crippen molar-refractivity contribution in [2.75, 3.05) is 35.2 Å². The molecule has 1 aliphatic carbocycles. The summed E-state index contributed by atoms with van der Waals surface area (Å²) in [5.41, 5.74) is 0.461. The molecule has 28 heavy (non-hydrogen) atoms. The molecule has 7 heteroatoms. The van der Waals surface area contributed by atoms with Crippen LogP contribution in [-0.2, 0) is 0 Å². The van der Waals surface area contributed by atoms with E-state index in [2.05, 4.69) is 26.6 Å². The minimum Gasteiger partial charge on any atom is -0.463 e. The summed E-state index contributed by atoms with van der Waals surface area (Å²) < 4.78 is 5.80. The Bertz CT molecular complexity index is 954. The van der Waals surface area contributed by atoms with E-state index in [0.717, 1.165) is 67.0 Å². The second-order valence-corrected chi connectivity index (χ2v) is 8.09. The highest BCUT2D eigenvalue weighted by Crippen LogP contribution is 2.43.